The van der Waals surface area contributed by atoms with Gasteiger partial charge < -0.3 is 4.74 Å². The summed E-state index contributed by atoms with van der Waals surface area (Å²) in [7, 11) is 1.53. The molecule has 3 aliphatic rings. The third-order valence-electron chi connectivity index (χ3n) is 9.01. The number of benzene rings is 2. The summed E-state index contributed by atoms with van der Waals surface area (Å²) in [6.07, 6.45) is 11.0. The molecule has 2 fully saturated rings. The summed E-state index contributed by atoms with van der Waals surface area (Å²) in [5.41, 5.74) is 2.34. The Hall–Kier alpha value is -2.26. The van der Waals surface area contributed by atoms with Gasteiger partial charge in [0, 0.05) is 28.1 Å². The summed E-state index contributed by atoms with van der Waals surface area (Å²) in [6.45, 7) is 1.57. The minimum absolute atomic E-state index is 0.0601. The van der Waals surface area contributed by atoms with Gasteiger partial charge >= 0.3 is 5.97 Å². The minimum atomic E-state index is -0.151. The summed E-state index contributed by atoms with van der Waals surface area (Å²) >= 11 is 2.33. The fraction of sp³-hybridized carbons (Fsp3) is 0.531. The highest BCUT2D eigenvalue weighted by atomic mass is 127. The molecule has 4 atom stereocenters. The van der Waals surface area contributed by atoms with E-state index in [0.29, 0.717) is 23.7 Å². The second-order valence-electron chi connectivity index (χ2n) is 11.3. The molecule has 0 radical (unpaired) electrons. The number of hydrogen-bond donors (Lipinski definition) is 0. The lowest BCUT2D eigenvalue weighted by Gasteiger charge is -2.43. The van der Waals surface area contributed by atoms with E-state index in [1.807, 2.05) is 12.1 Å². The van der Waals surface area contributed by atoms with Crippen LogP contribution in [0.15, 0.2) is 48.5 Å². The molecule has 3 aliphatic heterocycles. The number of unbranched alkanes of at least 4 members (excludes halogenated alkanes) is 6. The number of hydrogen-bond acceptors (Lipinski definition) is 5. The topological polar surface area (TPSA) is 66.9 Å². The highest BCUT2D eigenvalue weighted by molar-refractivity contribution is 14.1. The summed E-state index contributed by atoms with van der Waals surface area (Å²) in [5.74, 6) is -0.210. The van der Waals surface area contributed by atoms with Crippen molar-refractivity contribution in [3.8, 4) is 0 Å². The van der Waals surface area contributed by atoms with Crippen LogP contribution in [-0.4, -0.2) is 59.9 Å². The molecule has 0 N–H and O–H groups in total. The van der Waals surface area contributed by atoms with E-state index in [0.717, 1.165) is 45.1 Å². The van der Waals surface area contributed by atoms with Crippen LogP contribution in [0.4, 0.5) is 0 Å². The van der Waals surface area contributed by atoms with E-state index >= 15 is 0 Å². The summed E-state index contributed by atoms with van der Waals surface area (Å²) < 4.78 is 6.52. The van der Waals surface area contributed by atoms with Gasteiger partial charge in [0.15, 0.2) is 0 Å². The molecule has 0 aliphatic carbocycles. The van der Waals surface area contributed by atoms with Crippen LogP contribution in [0.25, 0.3) is 0 Å². The molecule has 2 bridgehead atoms. The molecule has 2 aromatic carbocycles. The van der Waals surface area contributed by atoms with Crippen molar-refractivity contribution >= 4 is 40.4 Å². The molecule has 3 heterocycles. The van der Waals surface area contributed by atoms with E-state index in [2.05, 4.69) is 51.8 Å². The molecule has 5 rings (SSSR count). The molecule has 7 heteroatoms. The van der Waals surface area contributed by atoms with Crippen LogP contribution in [-0.2, 0) is 9.53 Å². The molecule has 208 valence electrons. The van der Waals surface area contributed by atoms with Gasteiger partial charge in [0.1, 0.15) is 0 Å². The Kier molecular flexibility index (Phi) is 9.38. The summed E-state index contributed by atoms with van der Waals surface area (Å²) in [6, 6.07) is 16.6. The van der Waals surface area contributed by atoms with Gasteiger partial charge in [-0.1, -0.05) is 56.4 Å². The number of halogens is 1. The SMILES string of the molecule is COC(=O)[C@@H]1C2CCC(C[C@@H]1c1ccc(I)cc1)N2CCCCCCCCCN1C(=O)c2ccccc2C1=O. The molecule has 2 amide bonds. The van der Waals surface area contributed by atoms with Crippen LogP contribution in [0.5, 0.6) is 0 Å². The fourth-order valence-electron chi connectivity index (χ4n) is 7.06. The zero-order chi connectivity index (χ0) is 27.4. The molecule has 2 aromatic rings. The van der Waals surface area contributed by atoms with Crippen molar-refractivity contribution < 1.29 is 19.1 Å². The number of ether oxygens (including phenoxy) is 1. The number of esters is 1. The van der Waals surface area contributed by atoms with E-state index in [1.165, 1.54) is 46.8 Å². The van der Waals surface area contributed by atoms with Gasteiger partial charge in [-0.15, -0.1) is 0 Å². The number of amides is 2. The standard InChI is InChI=1S/C32H39IN2O4/c1-39-32(38)29-27(22-13-15-23(33)16-14-22)21-24-17-18-28(29)34(24)19-9-5-3-2-4-6-10-20-35-30(36)25-11-7-8-12-26(25)31(35)37/h7-8,11-16,24,27-29H,2-6,9-10,17-21H2,1H3/t24?,27-,28?,29+/m1/s1. The number of piperidine rings is 1. The summed E-state index contributed by atoms with van der Waals surface area (Å²) in [4.78, 5) is 41.9. The van der Waals surface area contributed by atoms with Crippen molar-refractivity contribution in [1.82, 2.24) is 9.80 Å². The first-order chi connectivity index (χ1) is 19.0. The van der Waals surface area contributed by atoms with Crippen molar-refractivity contribution in [2.75, 3.05) is 20.2 Å². The van der Waals surface area contributed by atoms with Crippen molar-refractivity contribution in [2.45, 2.75) is 82.2 Å². The third-order valence-corrected chi connectivity index (χ3v) is 9.73. The molecule has 0 saturated carbocycles. The molecule has 6 nitrogen and oxygen atoms in total. The molecular weight excluding hydrogens is 603 g/mol. The third kappa shape index (κ3) is 6.09. The molecule has 39 heavy (non-hydrogen) atoms. The van der Waals surface area contributed by atoms with Gasteiger partial charge in [-0.25, -0.2) is 0 Å². The predicted octanol–water partition coefficient (Wildman–Crippen LogP) is 6.43. The second-order valence-corrected chi connectivity index (χ2v) is 12.5. The quantitative estimate of drug-likeness (QED) is 0.116. The van der Waals surface area contributed by atoms with Gasteiger partial charge in [-0.05, 0) is 91.1 Å². The Morgan fingerprint density at radius 2 is 1.44 bits per heavy atom. The van der Waals surface area contributed by atoms with Crippen LogP contribution < -0.4 is 0 Å². The van der Waals surface area contributed by atoms with Gasteiger partial charge in [0.05, 0.1) is 24.2 Å². The maximum absolute atomic E-state index is 12.9. The molecule has 0 spiro atoms. The zero-order valence-electron chi connectivity index (χ0n) is 22.8. The molecular formula is C32H39IN2O4. The highest BCUT2D eigenvalue weighted by Crippen LogP contribution is 2.47. The van der Waals surface area contributed by atoms with Crippen LogP contribution in [0.1, 0.15) is 96.4 Å². The van der Waals surface area contributed by atoms with E-state index in [-0.39, 0.29) is 35.7 Å². The number of imide groups is 1. The lowest BCUT2D eigenvalue weighted by molar-refractivity contribution is -0.150. The van der Waals surface area contributed by atoms with Crippen LogP contribution in [0.3, 0.4) is 0 Å². The number of nitrogens with zero attached hydrogens (tertiary/aromatic N) is 2. The lowest BCUT2D eigenvalue weighted by atomic mass is 9.76. The molecule has 0 aromatic heterocycles. The maximum Gasteiger partial charge on any atom is 0.310 e. The van der Waals surface area contributed by atoms with Crippen LogP contribution in [0.2, 0.25) is 0 Å². The smallest absolute Gasteiger partial charge is 0.310 e. The number of carbonyl (C=O) groups excluding carboxylic acids is 3. The van der Waals surface area contributed by atoms with E-state index in [9.17, 15) is 14.4 Å². The number of methoxy groups -OCH3 is 1. The Morgan fingerprint density at radius 1 is 0.846 bits per heavy atom. The Balaban J connectivity index is 1.02. The monoisotopic (exact) mass is 642 g/mol. The van der Waals surface area contributed by atoms with E-state index in [4.69, 9.17) is 4.74 Å². The van der Waals surface area contributed by atoms with E-state index < -0.39 is 0 Å². The van der Waals surface area contributed by atoms with E-state index in [1.54, 1.807) is 12.1 Å². The van der Waals surface area contributed by atoms with Gasteiger partial charge in [0.25, 0.3) is 11.8 Å². The van der Waals surface area contributed by atoms with Crippen LogP contribution in [0, 0.1) is 9.49 Å². The van der Waals surface area contributed by atoms with Gasteiger partial charge in [-0.2, -0.15) is 0 Å². The number of fused-ring (bicyclic) bond motifs is 3. The van der Waals surface area contributed by atoms with Crippen LogP contribution >= 0.6 is 22.6 Å². The second kappa shape index (κ2) is 12.9. The van der Waals surface area contributed by atoms with Crippen molar-refractivity contribution in [3.63, 3.8) is 0 Å². The fourth-order valence-corrected chi connectivity index (χ4v) is 7.42. The van der Waals surface area contributed by atoms with Crippen molar-refractivity contribution in [1.29, 1.82) is 0 Å². The minimum Gasteiger partial charge on any atom is -0.469 e. The first-order valence-electron chi connectivity index (χ1n) is 14.5. The van der Waals surface area contributed by atoms with Gasteiger partial charge in [0.2, 0.25) is 0 Å². The largest absolute Gasteiger partial charge is 0.469 e. The zero-order valence-corrected chi connectivity index (χ0v) is 25.0. The number of carbonyl (C=O) groups is 3. The van der Waals surface area contributed by atoms with Crippen molar-refractivity contribution in [3.05, 3.63) is 68.8 Å². The number of rotatable bonds is 12. The average Bonchev–Trinajstić information content (AvgIpc) is 3.36. The Labute approximate surface area is 245 Å². The predicted molar refractivity (Wildman–Crippen MR) is 160 cm³/mol. The summed E-state index contributed by atoms with van der Waals surface area (Å²) in [5, 5.41) is 0. The first-order valence-corrected chi connectivity index (χ1v) is 15.6. The first kappa shape index (κ1) is 28.3. The van der Waals surface area contributed by atoms with Gasteiger partial charge in [-0.3, -0.25) is 24.2 Å². The normalized spacial score (nSPS) is 24.3. The molecule has 2 unspecified atom stereocenters. The maximum atomic E-state index is 12.9. The molecule has 2 saturated heterocycles. The lowest BCUT2D eigenvalue weighted by Crippen LogP contribution is -2.51. The Bertz CT molecular complexity index is 1150. The highest BCUT2D eigenvalue weighted by Gasteiger charge is 2.50. The average molecular weight is 643 g/mol. The Morgan fingerprint density at radius 3 is 2.05 bits per heavy atom. The van der Waals surface area contributed by atoms with Crippen molar-refractivity contribution in [2.24, 2.45) is 5.92 Å².